The molecule has 5 N–H and O–H groups in total. The second-order valence-corrected chi connectivity index (χ2v) is 3.48. The Balaban J connectivity index is 2.76. The van der Waals surface area contributed by atoms with E-state index in [-0.39, 0.29) is 11.4 Å². The molecule has 0 aliphatic heterocycles. The van der Waals surface area contributed by atoms with Crippen LogP contribution in [0.25, 0.3) is 0 Å². The molecule has 0 spiro atoms. The molecule has 0 heterocycles. The summed E-state index contributed by atoms with van der Waals surface area (Å²) in [6.07, 6.45) is -0.937. The third kappa shape index (κ3) is 3.38. The van der Waals surface area contributed by atoms with Crippen molar-refractivity contribution in [2.24, 2.45) is 5.73 Å². The number of primary amides is 1. The minimum Gasteiger partial charge on any atom is -0.479 e. The number of carbonyl (C=O) groups is 2. The van der Waals surface area contributed by atoms with Crippen molar-refractivity contribution in [2.45, 2.75) is 13.0 Å². The fraction of sp³-hybridized carbons (Fsp3) is 0.182. The van der Waals surface area contributed by atoms with Crippen molar-refractivity contribution in [1.29, 1.82) is 5.26 Å². The molecular formula is C11H12N4O3. The number of rotatable bonds is 3. The zero-order valence-electron chi connectivity index (χ0n) is 9.64. The van der Waals surface area contributed by atoms with Crippen molar-refractivity contribution in [3.63, 3.8) is 0 Å². The van der Waals surface area contributed by atoms with Crippen molar-refractivity contribution in [2.75, 3.05) is 5.73 Å². The van der Waals surface area contributed by atoms with E-state index in [1.165, 1.54) is 25.1 Å². The van der Waals surface area contributed by atoms with Crippen LogP contribution in [0.1, 0.15) is 12.5 Å². The van der Waals surface area contributed by atoms with Gasteiger partial charge in [0.1, 0.15) is 5.75 Å². The molecule has 94 valence electrons. The van der Waals surface area contributed by atoms with Gasteiger partial charge in [-0.25, -0.2) is 4.79 Å². The number of hydrogen-bond donors (Lipinski definition) is 3. The average Bonchev–Trinajstić information content (AvgIpc) is 2.30. The zero-order valence-corrected chi connectivity index (χ0v) is 9.64. The van der Waals surface area contributed by atoms with Crippen LogP contribution in [-0.2, 0) is 4.79 Å². The minimum atomic E-state index is -0.955. The predicted octanol–water partition coefficient (Wildman–Crippen LogP) is 0.103. The fourth-order valence-corrected chi connectivity index (χ4v) is 1.19. The highest BCUT2D eigenvalue weighted by Crippen LogP contribution is 2.23. The number of ether oxygens (including phenoxy) is 1. The maximum absolute atomic E-state index is 11.4. The average molecular weight is 248 g/mol. The summed E-state index contributed by atoms with van der Waals surface area (Å²) in [5, 5.41) is 10.5. The van der Waals surface area contributed by atoms with E-state index in [0.717, 1.165) is 0 Å². The van der Waals surface area contributed by atoms with Crippen LogP contribution >= 0.6 is 0 Å². The van der Waals surface area contributed by atoms with Gasteiger partial charge in [0.05, 0.1) is 17.3 Å². The summed E-state index contributed by atoms with van der Waals surface area (Å²) in [6, 6.07) is 5.37. The number of carbonyl (C=O) groups excluding carboxylic acids is 2. The van der Waals surface area contributed by atoms with Crippen LogP contribution in [0.2, 0.25) is 0 Å². The summed E-state index contributed by atoms with van der Waals surface area (Å²) in [5.74, 6) is -0.424. The number of nitrogens with one attached hydrogen (secondary N) is 1. The van der Waals surface area contributed by atoms with E-state index in [1.54, 1.807) is 0 Å². The van der Waals surface area contributed by atoms with Gasteiger partial charge in [-0.15, -0.1) is 0 Å². The first-order valence-electron chi connectivity index (χ1n) is 5.00. The van der Waals surface area contributed by atoms with Crippen LogP contribution in [0.15, 0.2) is 18.2 Å². The quantitative estimate of drug-likeness (QED) is 0.653. The SMILES string of the molecule is CC(Oc1ccc(C#N)cc1N)C(=O)NC(N)=O. The predicted molar refractivity (Wildman–Crippen MR) is 63.4 cm³/mol. The lowest BCUT2D eigenvalue weighted by Gasteiger charge is -2.14. The molecule has 0 aromatic heterocycles. The van der Waals surface area contributed by atoms with Gasteiger partial charge in [-0.3, -0.25) is 10.1 Å². The molecule has 1 aromatic rings. The molecule has 18 heavy (non-hydrogen) atoms. The summed E-state index contributed by atoms with van der Waals surface area (Å²) in [7, 11) is 0. The van der Waals surface area contributed by atoms with E-state index in [1.807, 2.05) is 11.4 Å². The lowest BCUT2D eigenvalue weighted by molar-refractivity contribution is -0.126. The Bertz CT molecular complexity index is 522. The highest BCUT2D eigenvalue weighted by molar-refractivity contribution is 5.95. The molecule has 3 amide bonds. The summed E-state index contributed by atoms with van der Waals surface area (Å²) < 4.78 is 5.25. The first-order valence-corrected chi connectivity index (χ1v) is 5.00. The Hall–Kier alpha value is -2.75. The van der Waals surface area contributed by atoms with Gasteiger partial charge in [-0.1, -0.05) is 0 Å². The number of urea groups is 1. The summed E-state index contributed by atoms with van der Waals surface area (Å²) in [4.78, 5) is 21.9. The lowest BCUT2D eigenvalue weighted by atomic mass is 10.2. The van der Waals surface area contributed by atoms with Crippen LogP contribution in [-0.4, -0.2) is 18.0 Å². The van der Waals surface area contributed by atoms with E-state index >= 15 is 0 Å². The number of anilines is 1. The van der Waals surface area contributed by atoms with E-state index in [2.05, 4.69) is 0 Å². The van der Waals surface area contributed by atoms with E-state index in [0.29, 0.717) is 5.56 Å². The highest BCUT2D eigenvalue weighted by atomic mass is 16.5. The van der Waals surface area contributed by atoms with Gasteiger partial charge in [0.25, 0.3) is 5.91 Å². The van der Waals surface area contributed by atoms with Gasteiger partial charge in [-0.05, 0) is 25.1 Å². The molecule has 0 aliphatic rings. The van der Waals surface area contributed by atoms with Gasteiger partial charge in [0.2, 0.25) is 0 Å². The zero-order chi connectivity index (χ0) is 13.7. The number of benzene rings is 1. The van der Waals surface area contributed by atoms with Gasteiger partial charge in [0, 0.05) is 0 Å². The van der Waals surface area contributed by atoms with Gasteiger partial charge in [0.15, 0.2) is 6.10 Å². The van der Waals surface area contributed by atoms with E-state index in [4.69, 9.17) is 21.5 Å². The molecule has 0 saturated heterocycles. The molecule has 0 radical (unpaired) electrons. The smallest absolute Gasteiger partial charge is 0.318 e. The molecule has 0 bridgehead atoms. The molecule has 0 aliphatic carbocycles. The van der Waals surface area contributed by atoms with Crippen molar-refractivity contribution in [3.8, 4) is 11.8 Å². The Kier molecular flexibility index (Phi) is 4.10. The molecule has 1 aromatic carbocycles. The Morgan fingerprint density at radius 2 is 2.17 bits per heavy atom. The number of imide groups is 1. The van der Waals surface area contributed by atoms with E-state index in [9.17, 15) is 9.59 Å². The highest BCUT2D eigenvalue weighted by Gasteiger charge is 2.17. The van der Waals surface area contributed by atoms with Crippen molar-refractivity contribution in [3.05, 3.63) is 23.8 Å². The van der Waals surface area contributed by atoms with Crippen LogP contribution in [0.5, 0.6) is 5.75 Å². The first-order chi connectivity index (χ1) is 8.43. The van der Waals surface area contributed by atoms with Crippen LogP contribution < -0.4 is 21.5 Å². The molecule has 0 fully saturated rings. The topological polar surface area (TPSA) is 131 Å². The number of nitrogen functional groups attached to an aromatic ring is 1. The third-order valence-electron chi connectivity index (χ3n) is 2.06. The molecular weight excluding hydrogens is 236 g/mol. The number of nitrogens with zero attached hydrogens (tertiary/aromatic N) is 1. The molecule has 1 atom stereocenters. The number of nitrogens with two attached hydrogens (primary N) is 2. The summed E-state index contributed by atoms with van der Waals surface area (Å²) >= 11 is 0. The summed E-state index contributed by atoms with van der Waals surface area (Å²) in [6.45, 7) is 1.44. The molecule has 7 nitrogen and oxygen atoms in total. The molecule has 1 unspecified atom stereocenters. The monoisotopic (exact) mass is 248 g/mol. The second-order valence-electron chi connectivity index (χ2n) is 3.48. The third-order valence-corrected chi connectivity index (χ3v) is 2.06. The molecule has 7 heteroatoms. The summed E-state index contributed by atoms with van der Waals surface area (Å²) in [5.41, 5.74) is 11.1. The fourth-order valence-electron chi connectivity index (χ4n) is 1.19. The lowest BCUT2D eigenvalue weighted by Crippen LogP contribution is -2.42. The Morgan fingerprint density at radius 1 is 1.50 bits per heavy atom. The maximum atomic E-state index is 11.4. The van der Waals surface area contributed by atoms with Crippen LogP contribution in [0.4, 0.5) is 10.5 Å². The second kappa shape index (κ2) is 5.54. The largest absolute Gasteiger partial charge is 0.479 e. The molecule has 0 saturated carbocycles. The minimum absolute atomic E-state index is 0.229. The maximum Gasteiger partial charge on any atom is 0.318 e. The van der Waals surface area contributed by atoms with Gasteiger partial charge >= 0.3 is 6.03 Å². The first kappa shape index (κ1) is 13.3. The van der Waals surface area contributed by atoms with Crippen molar-refractivity contribution in [1.82, 2.24) is 5.32 Å². The van der Waals surface area contributed by atoms with Crippen LogP contribution in [0.3, 0.4) is 0 Å². The Labute approximate surface area is 103 Å². The number of nitriles is 1. The van der Waals surface area contributed by atoms with E-state index < -0.39 is 18.0 Å². The molecule has 1 rings (SSSR count). The Morgan fingerprint density at radius 3 is 2.67 bits per heavy atom. The standard InChI is InChI=1S/C11H12N4O3/c1-6(10(16)15-11(14)17)18-9-3-2-7(5-12)4-8(9)13/h2-4,6H,13H2,1H3,(H3,14,15,16,17). The van der Waals surface area contributed by atoms with Gasteiger partial charge < -0.3 is 16.2 Å². The van der Waals surface area contributed by atoms with Crippen LogP contribution in [0, 0.1) is 11.3 Å². The van der Waals surface area contributed by atoms with Gasteiger partial charge in [-0.2, -0.15) is 5.26 Å². The van der Waals surface area contributed by atoms with Crippen molar-refractivity contribution >= 4 is 17.6 Å². The normalized spacial score (nSPS) is 11.1. The van der Waals surface area contributed by atoms with Crippen molar-refractivity contribution < 1.29 is 14.3 Å². The number of hydrogen-bond acceptors (Lipinski definition) is 5. The number of amides is 3.